The molecule has 1 amide bonds. The van der Waals surface area contributed by atoms with Crippen LogP contribution in [0.1, 0.15) is 35.3 Å². The average molecular weight is 298 g/mol. The Morgan fingerprint density at radius 2 is 2.14 bits per heavy atom. The number of rotatable bonds is 8. The van der Waals surface area contributed by atoms with Crippen molar-refractivity contribution in [3.63, 3.8) is 0 Å². The quantitative estimate of drug-likeness (QED) is 0.731. The Morgan fingerprint density at radius 3 is 2.82 bits per heavy atom. The van der Waals surface area contributed by atoms with Gasteiger partial charge in [-0.25, -0.2) is 0 Å². The summed E-state index contributed by atoms with van der Waals surface area (Å²) < 4.78 is 1.94. The Labute approximate surface area is 130 Å². The zero-order valence-electron chi connectivity index (χ0n) is 12.5. The molecule has 3 N–H and O–H groups in total. The molecule has 1 heterocycles. The number of fused-ring (bicyclic) bond motifs is 1. The second-order valence-electron chi connectivity index (χ2n) is 5.15. The van der Waals surface area contributed by atoms with Crippen LogP contribution >= 0.6 is 0 Å². The van der Waals surface area contributed by atoms with E-state index in [1.807, 2.05) is 28.8 Å². The van der Waals surface area contributed by atoms with Gasteiger partial charge in [-0.05, 0) is 37.3 Å². The van der Waals surface area contributed by atoms with Crippen LogP contribution in [-0.2, 0) is 13.0 Å². The van der Waals surface area contributed by atoms with Crippen LogP contribution < -0.4 is 5.73 Å². The Bertz CT molecular complexity index is 698. The number of amides is 1. The van der Waals surface area contributed by atoms with E-state index in [-0.39, 0.29) is 6.61 Å². The van der Waals surface area contributed by atoms with Crippen molar-refractivity contribution in [2.45, 2.75) is 32.2 Å². The first-order chi connectivity index (χ1) is 10.7. The SMILES string of the molecule is N#CCCCCn1c(C(N)=O)c(C[CH]CO)c2ccccc21. The number of unbranched alkanes of at least 4 members (excludes halogenated alkanes) is 2. The number of nitrogens with zero attached hydrogens (tertiary/aromatic N) is 2. The van der Waals surface area contributed by atoms with Gasteiger partial charge in [0, 0.05) is 30.5 Å². The van der Waals surface area contributed by atoms with Gasteiger partial charge in [-0.1, -0.05) is 18.2 Å². The van der Waals surface area contributed by atoms with Crippen LogP contribution in [0, 0.1) is 17.8 Å². The number of aryl methyl sites for hydroxylation is 1. The van der Waals surface area contributed by atoms with Gasteiger partial charge < -0.3 is 15.4 Å². The summed E-state index contributed by atoms with van der Waals surface area (Å²) in [6, 6.07) is 9.92. The van der Waals surface area contributed by atoms with Crippen molar-refractivity contribution in [1.29, 1.82) is 5.26 Å². The van der Waals surface area contributed by atoms with Gasteiger partial charge in [0.1, 0.15) is 5.69 Å². The summed E-state index contributed by atoms with van der Waals surface area (Å²) in [5.41, 5.74) is 7.92. The first-order valence-corrected chi connectivity index (χ1v) is 7.40. The van der Waals surface area contributed by atoms with E-state index >= 15 is 0 Å². The molecule has 0 aliphatic heterocycles. The predicted octanol–water partition coefficient (Wildman–Crippen LogP) is 2.17. The maximum absolute atomic E-state index is 11.9. The topological polar surface area (TPSA) is 92.0 Å². The predicted molar refractivity (Wildman–Crippen MR) is 85.0 cm³/mol. The lowest BCUT2D eigenvalue weighted by Crippen LogP contribution is -2.19. The number of aliphatic hydroxyl groups is 1. The lowest BCUT2D eigenvalue weighted by molar-refractivity contribution is 0.0990. The molecule has 0 atom stereocenters. The molecule has 0 fully saturated rings. The number of hydrogen-bond donors (Lipinski definition) is 2. The molecule has 0 aliphatic rings. The molecule has 22 heavy (non-hydrogen) atoms. The van der Waals surface area contributed by atoms with E-state index in [1.165, 1.54) is 0 Å². The zero-order chi connectivity index (χ0) is 15.9. The number of carbonyl (C=O) groups excluding carboxylic acids is 1. The van der Waals surface area contributed by atoms with Crippen LogP contribution in [0.3, 0.4) is 0 Å². The Morgan fingerprint density at radius 1 is 1.36 bits per heavy atom. The molecular weight excluding hydrogens is 278 g/mol. The summed E-state index contributed by atoms with van der Waals surface area (Å²) in [5.74, 6) is -0.460. The molecule has 0 unspecified atom stereocenters. The number of aromatic nitrogens is 1. The summed E-state index contributed by atoms with van der Waals surface area (Å²) in [5, 5.41) is 18.6. The maximum Gasteiger partial charge on any atom is 0.265 e. The molecule has 0 bridgehead atoms. The zero-order valence-corrected chi connectivity index (χ0v) is 12.5. The fraction of sp³-hybridized carbons (Fsp3) is 0.353. The number of aliphatic hydroxyl groups excluding tert-OH is 1. The minimum atomic E-state index is -0.460. The Hall–Kier alpha value is -2.32. The van der Waals surface area contributed by atoms with Gasteiger partial charge >= 0.3 is 0 Å². The van der Waals surface area contributed by atoms with E-state index in [4.69, 9.17) is 16.1 Å². The third-order valence-electron chi connectivity index (χ3n) is 3.71. The largest absolute Gasteiger partial charge is 0.396 e. The van der Waals surface area contributed by atoms with E-state index in [1.54, 1.807) is 6.42 Å². The minimum absolute atomic E-state index is 0.0418. The normalized spacial score (nSPS) is 10.7. The van der Waals surface area contributed by atoms with Crippen LogP contribution in [0.15, 0.2) is 24.3 Å². The van der Waals surface area contributed by atoms with Gasteiger partial charge in [-0.3, -0.25) is 4.79 Å². The van der Waals surface area contributed by atoms with Crippen molar-refractivity contribution in [1.82, 2.24) is 4.57 Å². The van der Waals surface area contributed by atoms with E-state index in [2.05, 4.69) is 6.07 Å². The standard InChI is InChI=1S/C17H20N3O2/c18-10-4-1-5-11-20-15-9-3-2-7-13(15)14(8-6-12-21)16(20)17(19)22/h2-3,6-7,9,21H,1,4-5,8,11-12H2,(H2,19,22). The molecule has 5 nitrogen and oxygen atoms in total. The summed E-state index contributed by atoms with van der Waals surface area (Å²) in [7, 11) is 0. The Kier molecular flexibility index (Phi) is 5.56. The molecule has 0 aliphatic carbocycles. The fourth-order valence-electron chi connectivity index (χ4n) is 2.78. The second kappa shape index (κ2) is 7.62. The van der Waals surface area contributed by atoms with Crippen molar-refractivity contribution >= 4 is 16.8 Å². The summed E-state index contributed by atoms with van der Waals surface area (Å²) >= 11 is 0. The third-order valence-corrected chi connectivity index (χ3v) is 3.71. The van der Waals surface area contributed by atoms with Gasteiger partial charge in [-0.2, -0.15) is 5.26 Å². The van der Waals surface area contributed by atoms with Gasteiger partial charge in [-0.15, -0.1) is 0 Å². The monoisotopic (exact) mass is 298 g/mol. The van der Waals surface area contributed by atoms with E-state index in [0.717, 1.165) is 29.3 Å². The summed E-state index contributed by atoms with van der Waals surface area (Å²) in [6.07, 6.45) is 4.33. The first-order valence-electron chi connectivity index (χ1n) is 7.40. The van der Waals surface area contributed by atoms with Crippen molar-refractivity contribution < 1.29 is 9.90 Å². The van der Waals surface area contributed by atoms with Crippen LogP contribution in [-0.4, -0.2) is 22.2 Å². The molecule has 0 saturated carbocycles. The maximum atomic E-state index is 11.9. The lowest BCUT2D eigenvalue weighted by atomic mass is 10.1. The highest BCUT2D eigenvalue weighted by Crippen LogP contribution is 2.27. The molecule has 2 aromatic rings. The number of primary amides is 1. The van der Waals surface area contributed by atoms with Crippen LogP contribution in [0.5, 0.6) is 0 Å². The molecule has 1 aromatic carbocycles. The van der Waals surface area contributed by atoms with Gasteiger partial charge in [0.15, 0.2) is 0 Å². The third kappa shape index (κ3) is 3.29. The Balaban J connectivity index is 2.45. The first kappa shape index (κ1) is 16.1. The smallest absolute Gasteiger partial charge is 0.265 e. The second-order valence-corrected chi connectivity index (χ2v) is 5.15. The molecular formula is C17H20N3O2. The van der Waals surface area contributed by atoms with Crippen molar-refractivity contribution in [2.24, 2.45) is 5.73 Å². The van der Waals surface area contributed by atoms with Crippen LogP contribution in [0.2, 0.25) is 0 Å². The molecule has 0 saturated heterocycles. The number of nitriles is 1. The minimum Gasteiger partial charge on any atom is -0.396 e. The number of hydrogen-bond acceptors (Lipinski definition) is 3. The fourth-order valence-corrected chi connectivity index (χ4v) is 2.78. The lowest BCUT2D eigenvalue weighted by Gasteiger charge is -2.09. The van der Waals surface area contributed by atoms with E-state index in [0.29, 0.717) is 25.1 Å². The van der Waals surface area contributed by atoms with Gasteiger partial charge in [0.05, 0.1) is 6.07 Å². The van der Waals surface area contributed by atoms with Gasteiger partial charge in [0.2, 0.25) is 0 Å². The number of para-hydroxylation sites is 1. The van der Waals surface area contributed by atoms with E-state index < -0.39 is 5.91 Å². The summed E-state index contributed by atoms with van der Waals surface area (Å²) in [4.78, 5) is 11.9. The van der Waals surface area contributed by atoms with Crippen LogP contribution in [0.25, 0.3) is 10.9 Å². The molecule has 1 radical (unpaired) electrons. The molecule has 1 aromatic heterocycles. The van der Waals surface area contributed by atoms with Gasteiger partial charge in [0.25, 0.3) is 5.91 Å². The van der Waals surface area contributed by atoms with Crippen molar-refractivity contribution in [3.8, 4) is 6.07 Å². The molecule has 5 heteroatoms. The van der Waals surface area contributed by atoms with E-state index in [9.17, 15) is 4.79 Å². The number of benzene rings is 1. The molecule has 115 valence electrons. The van der Waals surface area contributed by atoms with Crippen molar-refractivity contribution in [3.05, 3.63) is 41.9 Å². The highest BCUT2D eigenvalue weighted by molar-refractivity contribution is 6.01. The number of nitrogens with two attached hydrogens (primary N) is 1. The highest BCUT2D eigenvalue weighted by Gasteiger charge is 2.20. The highest BCUT2D eigenvalue weighted by atomic mass is 16.2. The van der Waals surface area contributed by atoms with Crippen LogP contribution in [0.4, 0.5) is 0 Å². The molecule has 2 rings (SSSR count). The number of carbonyl (C=O) groups is 1. The molecule has 0 spiro atoms. The van der Waals surface area contributed by atoms with Crippen molar-refractivity contribution in [2.75, 3.05) is 6.61 Å². The average Bonchev–Trinajstić information content (AvgIpc) is 2.83. The summed E-state index contributed by atoms with van der Waals surface area (Å²) in [6.45, 7) is 0.611.